The smallest absolute Gasteiger partial charge is 0.255 e. The summed E-state index contributed by atoms with van der Waals surface area (Å²) < 4.78 is 6.09. The molecule has 124 valence electrons. The van der Waals surface area contributed by atoms with Crippen LogP contribution in [-0.2, 0) is 0 Å². The SMILES string of the molecule is O=C(c1ccc(=O)[nH]c1)N1C[C@H]2CC[C@@H](Oc3cccnc3)[C@H]2C1. The first-order valence-electron chi connectivity index (χ1n) is 8.25. The predicted octanol–water partition coefficient (Wildman–Crippen LogP) is 1.70. The molecule has 6 heteroatoms. The Morgan fingerprint density at radius 2 is 2.17 bits per heavy atom. The molecule has 2 aromatic rings. The molecule has 0 radical (unpaired) electrons. The molecule has 2 aliphatic rings. The Hall–Kier alpha value is -2.63. The zero-order valence-corrected chi connectivity index (χ0v) is 13.2. The Bertz CT molecular complexity index is 769. The zero-order chi connectivity index (χ0) is 16.5. The van der Waals surface area contributed by atoms with Crippen LogP contribution in [0, 0.1) is 11.8 Å². The molecule has 1 saturated heterocycles. The van der Waals surface area contributed by atoms with Crippen molar-refractivity contribution in [1.29, 1.82) is 0 Å². The lowest BCUT2D eigenvalue weighted by atomic mass is 9.99. The summed E-state index contributed by atoms with van der Waals surface area (Å²) >= 11 is 0. The number of nitrogens with one attached hydrogen (secondary N) is 1. The average Bonchev–Trinajstić information content (AvgIpc) is 3.18. The number of hydrogen-bond donors (Lipinski definition) is 1. The average molecular weight is 325 g/mol. The van der Waals surface area contributed by atoms with Crippen LogP contribution >= 0.6 is 0 Å². The van der Waals surface area contributed by atoms with Crippen molar-refractivity contribution in [2.45, 2.75) is 18.9 Å². The van der Waals surface area contributed by atoms with Crippen molar-refractivity contribution in [2.24, 2.45) is 11.8 Å². The zero-order valence-electron chi connectivity index (χ0n) is 13.2. The maximum Gasteiger partial charge on any atom is 0.255 e. The quantitative estimate of drug-likeness (QED) is 0.932. The van der Waals surface area contributed by atoms with Crippen molar-refractivity contribution in [3.8, 4) is 5.75 Å². The van der Waals surface area contributed by atoms with Crippen LogP contribution in [0.25, 0.3) is 0 Å². The van der Waals surface area contributed by atoms with E-state index < -0.39 is 0 Å². The molecule has 6 nitrogen and oxygen atoms in total. The molecule has 3 heterocycles. The number of aromatic nitrogens is 2. The van der Waals surface area contributed by atoms with Gasteiger partial charge in [-0.05, 0) is 37.0 Å². The first-order valence-corrected chi connectivity index (χ1v) is 8.25. The molecule has 1 amide bonds. The monoisotopic (exact) mass is 325 g/mol. The van der Waals surface area contributed by atoms with Crippen LogP contribution < -0.4 is 10.3 Å². The second-order valence-electron chi connectivity index (χ2n) is 6.50. The first-order chi connectivity index (χ1) is 11.7. The third-order valence-corrected chi connectivity index (χ3v) is 5.03. The molecular weight excluding hydrogens is 306 g/mol. The molecular formula is C18H19N3O3. The number of aromatic amines is 1. The fourth-order valence-electron chi connectivity index (χ4n) is 3.85. The number of ether oxygens (including phenoxy) is 1. The lowest BCUT2D eigenvalue weighted by Crippen LogP contribution is -2.32. The van der Waals surface area contributed by atoms with Gasteiger partial charge in [0.15, 0.2) is 0 Å². The second-order valence-corrected chi connectivity index (χ2v) is 6.50. The third kappa shape index (κ3) is 2.79. The Morgan fingerprint density at radius 3 is 2.92 bits per heavy atom. The van der Waals surface area contributed by atoms with Crippen LogP contribution in [0.1, 0.15) is 23.2 Å². The minimum Gasteiger partial charge on any atom is -0.488 e. The summed E-state index contributed by atoms with van der Waals surface area (Å²) in [7, 11) is 0. The van der Waals surface area contributed by atoms with Crippen LogP contribution in [0.5, 0.6) is 5.75 Å². The molecule has 3 atom stereocenters. The Labute approximate surface area is 139 Å². The molecule has 2 fully saturated rings. The lowest BCUT2D eigenvalue weighted by Gasteiger charge is -2.22. The van der Waals surface area contributed by atoms with Crippen LogP contribution in [0.2, 0.25) is 0 Å². The van der Waals surface area contributed by atoms with Crippen LogP contribution in [0.3, 0.4) is 0 Å². The molecule has 1 aliphatic heterocycles. The van der Waals surface area contributed by atoms with Crippen LogP contribution in [-0.4, -0.2) is 40.0 Å². The number of carbonyl (C=O) groups is 1. The standard InChI is InChI=1S/C18H19N3O3/c22-17-6-4-12(8-20-17)18(23)21-10-13-3-5-16(15(13)11-21)24-14-2-1-7-19-9-14/h1-2,4,6-9,13,15-16H,3,5,10-11H2,(H,20,22)/t13-,15+,16-/m1/s1. The Morgan fingerprint density at radius 1 is 1.25 bits per heavy atom. The van der Waals surface area contributed by atoms with Crippen molar-refractivity contribution < 1.29 is 9.53 Å². The van der Waals surface area contributed by atoms with E-state index in [1.165, 1.54) is 12.3 Å². The molecule has 24 heavy (non-hydrogen) atoms. The van der Waals surface area contributed by atoms with Gasteiger partial charge in [-0.3, -0.25) is 14.6 Å². The minimum atomic E-state index is -0.199. The largest absolute Gasteiger partial charge is 0.488 e. The Balaban J connectivity index is 1.44. The van der Waals surface area contributed by atoms with Crippen LogP contribution in [0.4, 0.5) is 0 Å². The number of hydrogen-bond acceptors (Lipinski definition) is 4. The number of rotatable bonds is 3. The van der Waals surface area contributed by atoms with Crippen molar-refractivity contribution in [3.05, 3.63) is 58.8 Å². The van der Waals surface area contributed by atoms with E-state index in [-0.39, 0.29) is 17.6 Å². The highest BCUT2D eigenvalue weighted by Crippen LogP contribution is 2.40. The summed E-state index contributed by atoms with van der Waals surface area (Å²) in [6.07, 6.45) is 7.17. The van der Waals surface area contributed by atoms with Gasteiger partial charge in [-0.1, -0.05) is 0 Å². The molecule has 2 aromatic heterocycles. The fraction of sp³-hybridized carbons (Fsp3) is 0.389. The van der Waals surface area contributed by atoms with Gasteiger partial charge in [0, 0.05) is 37.5 Å². The summed E-state index contributed by atoms with van der Waals surface area (Å²) in [6, 6.07) is 6.75. The van der Waals surface area contributed by atoms with Gasteiger partial charge in [0.1, 0.15) is 11.9 Å². The molecule has 0 unspecified atom stereocenters. The predicted molar refractivity (Wildman–Crippen MR) is 87.8 cm³/mol. The third-order valence-electron chi connectivity index (χ3n) is 5.03. The van der Waals surface area contributed by atoms with Crippen molar-refractivity contribution in [1.82, 2.24) is 14.9 Å². The van der Waals surface area contributed by atoms with Gasteiger partial charge in [0.25, 0.3) is 5.91 Å². The highest BCUT2D eigenvalue weighted by molar-refractivity contribution is 5.94. The summed E-state index contributed by atoms with van der Waals surface area (Å²) in [5.41, 5.74) is 0.328. The van der Waals surface area contributed by atoms with E-state index >= 15 is 0 Å². The number of pyridine rings is 2. The summed E-state index contributed by atoms with van der Waals surface area (Å²) in [5.74, 6) is 1.60. The summed E-state index contributed by atoms with van der Waals surface area (Å²) in [4.78, 5) is 32.3. The van der Waals surface area contributed by atoms with Gasteiger partial charge in [0.2, 0.25) is 5.56 Å². The van der Waals surface area contributed by atoms with E-state index in [0.29, 0.717) is 23.9 Å². The van der Waals surface area contributed by atoms with E-state index in [9.17, 15) is 9.59 Å². The molecule has 0 aromatic carbocycles. The minimum absolute atomic E-state index is 0.0271. The number of amides is 1. The van der Waals surface area contributed by atoms with Crippen molar-refractivity contribution >= 4 is 5.91 Å². The second kappa shape index (κ2) is 6.11. The highest BCUT2D eigenvalue weighted by atomic mass is 16.5. The first kappa shape index (κ1) is 14.9. The van der Waals surface area contributed by atoms with E-state index in [2.05, 4.69) is 9.97 Å². The Kier molecular flexibility index (Phi) is 3.80. The number of carbonyl (C=O) groups excluding carboxylic acids is 1. The molecule has 0 spiro atoms. The molecule has 1 saturated carbocycles. The van der Waals surface area contributed by atoms with Gasteiger partial charge >= 0.3 is 0 Å². The van der Waals surface area contributed by atoms with Gasteiger partial charge in [0.05, 0.1) is 11.8 Å². The maximum atomic E-state index is 12.6. The number of nitrogens with zero attached hydrogens (tertiary/aromatic N) is 2. The highest BCUT2D eigenvalue weighted by Gasteiger charge is 2.45. The summed E-state index contributed by atoms with van der Waals surface area (Å²) in [6.45, 7) is 1.46. The maximum absolute atomic E-state index is 12.6. The fourth-order valence-corrected chi connectivity index (χ4v) is 3.85. The van der Waals surface area contributed by atoms with Crippen molar-refractivity contribution in [2.75, 3.05) is 13.1 Å². The molecule has 1 aliphatic carbocycles. The topological polar surface area (TPSA) is 75.3 Å². The van der Waals surface area contributed by atoms with Gasteiger partial charge in [-0.25, -0.2) is 0 Å². The van der Waals surface area contributed by atoms with Crippen LogP contribution in [0.15, 0.2) is 47.7 Å². The molecule has 1 N–H and O–H groups in total. The van der Waals surface area contributed by atoms with E-state index in [1.807, 2.05) is 17.0 Å². The van der Waals surface area contributed by atoms with Gasteiger partial charge in [-0.2, -0.15) is 0 Å². The number of likely N-dealkylation sites (tertiary alicyclic amines) is 1. The number of fused-ring (bicyclic) bond motifs is 1. The summed E-state index contributed by atoms with van der Waals surface area (Å²) in [5, 5.41) is 0. The van der Waals surface area contributed by atoms with E-state index in [1.54, 1.807) is 18.5 Å². The molecule has 4 rings (SSSR count). The van der Waals surface area contributed by atoms with Gasteiger partial charge < -0.3 is 14.6 Å². The van der Waals surface area contributed by atoms with E-state index in [4.69, 9.17) is 4.74 Å². The number of H-pyrrole nitrogens is 1. The van der Waals surface area contributed by atoms with Gasteiger partial charge in [-0.15, -0.1) is 0 Å². The van der Waals surface area contributed by atoms with Crippen molar-refractivity contribution in [3.63, 3.8) is 0 Å². The normalized spacial score (nSPS) is 25.5. The molecule has 0 bridgehead atoms. The van der Waals surface area contributed by atoms with E-state index in [0.717, 1.165) is 25.1 Å². The lowest BCUT2D eigenvalue weighted by molar-refractivity contribution is 0.0762.